The Bertz CT molecular complexity index is 373. The van der Waals surface area contributed by atoms with Crippen molar-refractivity contribution in [2.24, 2.45) is 11.8 Å². The molecule has 0 saturated carbocycles. The minimum Gasteiger partial charge on any atom is -0.379 e. The van der Waals surface area contributed by atoms with Crippen LogP contribution in [0.3, 0.4) is 0 Å². The molecule has 2 atom stereocenters. The number of carbonyl (C=O) groups excluding carboxylic acids is 1. The molecule has 6 nitrogen and oxygen atoms in total. The van der Waals surface area contributed by atoms with Gasteiger partial charge in [-0.25, -0.2) is 4.79 Å². The second kappa shape index (κ2) is 10.2. The van der Waals surface area contributed by atoms with Gasteiger partial charge in [-0.15, -0.1) is 0 Å². The third-order valence-electron chi connectivity index (χ3n) is 4.62. The number of urea groups is 1. The Morgan fingerprint density at radius 1 is 1.21 bits per heavy atom. The van der Waals surface area contributed by atoms with Gasteiger partial charge in [-0.05, 0) is 31.6 Å². The van der Waals surface area contributed by atoms with E-state index in [2.05, 4.69) is 24.1 Å². The maximum atomic E-state index is 12.5. The number of hydrogen-bond donors (Lipinski definition) is 1. The number of hydrogen-bond acceptors (Lipinski definition) is 4. The average Bonchev–Trinajstić information content (AvgIpc) is 2.55. The Morgan fingerprint density at radius 2 is 1.96 bits per heavy atom. The SMILES string of the molecule is CC(C)COC[C@@H](C)NC(=O)N1CCC[C@H](CN2CCOCC2)C1. The van der Waals surface area contributed by atoms with Gasteiger partial charge in [0.25, 0.3) is 0 Å². The highest BCUT2D eigenvalue weighted by molar-refractivity contribution is 5.74. The van der Waals surface area contributed by atoms with Gasteiger partial charge < -0.3 is 19.7 Å². The molecule has 1 N–H and O–H groups in total. The van der Waals surface area contributed by atoms with Crippen LogP contribution in [0.2, 0.25) is 0 Å². The molecule has 6 heteroatoms. The zero-order chi connectivity index (χ0) is 17.4. The van der Waals surface area contributed by atoms with Crippen molar-refractivity contribution >= 4 is 6.03 Å². The molecular formula is C18H35N3O3. The summed E-state index contributed by atoms with van der Waals surface area (Å²) in [7, 11) is 0. The Hall–Kier alpha value is -0.850. The van der Waals surface area contributed by atoms with Crippen molar-refractivity contribution in [1.29, 1.82) is 0 Å². The van der Waals surface area contributed by atoms with Gasteiger partial charge in [-0.1, -0.05) is 13.8 Å². The van der Waals surface area contributed by atoms with Crippen LogP contribution in [0.25, 0.3) is 0 Å². The van der Waals surface area contributed by atoms with Gasteiger partial charge in [0.05, 0.1) is 25.9 Å². The lowest BCUT2D eigenvalue weighted by molar-refractivity contribution is 0.0247. The van der Waals surface area contributed by atoms with E-state index in [1.165, 1.54) is 6.42 Å². The summed E-state index contributed by atoms with van der Waals surface area (Å²) >= 11 is 0. The van der Waals surface area contributed by atoms with Crippen LogP contribution >= 0.6 is 0 Å². The highest BCUT2D eigenvalue weighted by atomic mass is 16.5. The van der Waals surface area contributed by atoms with E-state index in [1.54, 1.807) is 0 Å². The van der Waals surface area contributed by atoms with Crippen LogP contribution in [0, 0.1) is 11.8 Å². The van der Waals surface area contributed by atoms with Crippen molar-refractivity contribution in [2.75, 3.05) is 59.2 Å². The van der Waals surface area contributed by atoms with Crippen LogP contribution < -0.4 is 5.32 Å². The van der Waals surface area contributed by atoms with Crippen molar-refractivity contribution in [3.63, 3.8) is 0 Å². The Morgan fingerprint density at radius 3 is 2.67 bits per heavy atom. The lowest BCUT2D eigenvalue weighted by Gasteiger charge is -2.37. The minimum atomic E-state index is 0.0517. The molecule has 2 heterocycles. The Labute approximate surface area is 146 Å². The molecule has 140 valence electrons. The second-order valence-electron chi connectivity index (χ2n) is 7.65. The van der Waals surface area contributed by atoms with E-state index in [-0.39, 0.29) is 12.1 Å². The number of carbonyl (C=O) groups is 1. The van der Waals surface area contributed by atoms with Crippen LogP contribution in [-0.2, 0) is 9.47 Å². The summed E-state index contributed by atoms with van der Waals surface area (Å²) in [5.74, 6) is 1.10. The molecule has 0 aliphatic carbocycles. The number of nitrogens with one attached hydrogen (secondary N) is 1. The number of rotatable bonds is 7. The molecule has 2 saturated heterocycles. The highest BCUT2D eigenvalue weighted by Gasteiger charge is 2.26. The molecule has 0 radical (unpaired) electrons. The molecule has 2 aliphatic heterocycles. The van der Waals surface area contributed by atoms with Crippen LogP contribution in [0.4, 0.5) is 4.79 Å². The fraction of sp³-hybridized carbons (Fsp3) is 0.944. The monoisotopic (exact) mass is 341 g/mol. The maximum absolute atomic E-state index is 12.5. The molecule has 2 aliphatic rings. The first-order valence-electron chi connectivity index (χ1n) is 9.48. The van der Waals surface area contributed by atoms with E-state index in [9.17, 15) is 4.79 Å². The first-order valence-corrected chi connectivity index (χ1v) is 9.48. The molecule has 2 rings (SSSR count). The molecule has 2 fully saturated rings. The van der Waals surface area contributed by atoms with E-state index < -0.39 is 0 Å². The van der Waals surface area contributed by atoms with Crippen molar-refractivity contribution in [2.45, 2.75) is 39.7 Å². The lowest BCUT2D eigenvalue weighted by Crippen LogP contribution is -2.51. The molecule has 24 heavy (non-hydrogen) atoms. The van der Waals surface area contributed by atoms with Crippen LogP contribution in [0.15, 0.2) is 0 Å². The number of morpholine rings is 1. The van der Waals surface area contributed by atoms with Crippen molar-refractivity contribution < 1.29 is 14.3 Å². The molecule has 0 bridgehead atoms. The first-order chi connectivity index (χ1) is 11.5. The Kier molecular flexibility index (Phi) is 8.29. The van der Waals surface area contributed by atoms with E-state index in [0.717, 1.165) is 59.0 Å². The van der Waals surface area contributed by atoms with Crippen LogP contribution in [-0.4, -0.2) is 81.0 Å². The summed E-state index contributed by atoms with van der Waals surface area (Å²) in [5.41, 5.74) is 0. The van der Waals surface area contributed by atoms with E-state index >= 15 is 0 Å². The van der Waals surface area contributed by atoms with Gasteiger partial charge in [0.1, 0.15) is 0 Å². The summed E-state index contributed by atoms with van der Waals surface area (Å²) in [5, 5.41) is 3.08. The summed E-state index contributed by atoms with van der Waals surface area (Å²) in [6.07, 6.45) is 2.31. The topological polar surface area (TPSA) is 54.0 Å². The number of likely N-dealkylation sites (tertiary alicyclic amines) is 1. The summed E-state index contributed by atoms with van der Waals surface area (Å²) < 4.78 is 11.0. The lowest BCUT2D eigenvalue weighted by atomic mass is 9.97. The molecular weight excluding hydrogens is 306 g/mol. The zero-order valence-electron chi connectivity index (χ0n) is 15.6. The standard InChI is InChI=1S/C18H35N3O3/c1-15(2)13-24-14-16(3)19-18(22)21-6-4-5-17(12-21)11-20-7-9-23-10-8-20/h15-17H,4-14H2,1-3H3,(H,19,22)/t16-,17-/m1/s1. The predicted molar refractivity (Wildman–Crippen MR) is 95.2 cm³/mol. The zero-order valence-corrected chi connectivity index (χ0v) is 15.6. The van der Waals surface area contributed by atoms with Gasteiger partial charge in [0.15, 0.2) is 0 Å². The van der Waals surface area contributed by atoms with E-state index in [1.807, 2.05) is 11.8 Å². The van der Waals surface area contributed by atoms with E-state index in [4.69, 9.17) is 9.47 Å². The number of ether oxygens (including phenoxy) is 2. The molecule has 0 aromatic heterocycles. The highest BCUT2D eigenvalue weighted by Crippen LogP contribution is 2.18. The third-order valence-corrected chi connectivity index (χ3v) is 4.62. The van der Waals surface area contributed by atoms with Gasteiger partial charge in [-0.2, -0.15) is 0 Å². The molecule has 0 aromatic carbocycles. The van der Waals surface area contributed by atoms with Gasteiger partial charge in [0, 0.05) is 39.3 Å². The number of piperidine rings is 1. The normalized spacial score (nSPS) is 24.2. The molecule has 0 unspecified atom stereocenters. The quantitative estimate of drug-likeness (QED) is 0.767. The van der Waals surface area contributed by atoms with Crippen molar-refractivity contribution in [1.82, 2.24) is 15.1 Å². The van der Waals surface area contributed by atoms with Gasteiger partial charge >= 0.3 is 6.03 Å². The molecule has 0 spiro atoms. The first kappa shape index (κ1) is 19.5. The largest absolute Gasteiger partial charge is 0.379 e. The summed E-state index contributed by atoms with van der Waals surface area (Å²) in [6.45, 7) is 14.1. The summed E-state index contributed by atoms with van der Waals surface area (Å²) in [6, 6.07) is 0.109. The predicted octanol–water partition coefficient (Wildman–Crippen LogP) is 1.80. The maximum Gasteiger partial charge on any atom is 0.317 e. The second-order valence-corrected chi connectivity index (χ2v) is 7.65. The fourth-order valence-corrected chi connectivity index (χ4v) is 3.37. The van der Waals surface area contributed by atoms with Crippen molar-refractivity contribution in [3.8, 4) is 0 Å². The molecule has 0 aromatic rings. The average molecular weight is 341 g/mol. The number of nitrogens with zero attached hydrogens (tertiary/aromatic N) is 2. The van der Waals surface area contributed by atoms with Gasteiger partial charge in [-0.3, -0.25) is 4.90 Å². The minimum absolute atomic E-state index is 0.0517. The van der Waals surface area contributed by atoms with Crippen LogP contribution in [0.5, 0.6) is 0 Å². The third kappa shape index (κ3) is 6.95. The van der Waals surface area contributed by atoms with E-state index in [0.29, 0.717) is 18.4 Å². The summed E-state index contributed by atoms with van der Waals surface area (Å²) in [4.78, 5) is 16.9. The smallest absolute Gasteiger partial charge is 0.317 e. The molecule has 2 amide bonds. The van der Waals surface area contributed by atoms with Gasteiger partial charge in [0.2, 0.25) is 0 Å². The fourth-order valence-electron chi connectivity index (χ4n) is 3.37. The van der Waals surface area contributed by atoms with Crippen molar-refractivity contribution in [3.05, 3.63) is 0 Å². The number of amides is 2. The Balaban J connectivity index is 1.69. The van der Waals surface area contributed by atoms with Crippen LogP contribution in [0.1, 0.15) is 33.6 Å².